The van der Waals surface area contributed by atoms with Crippen LogP contribution in [0.3, 0.4) is 0 Å². The predicted molar refractivity (Wildman–Crippen MR) is 119 cm³/mol. The molecule has 0 aliphatic rings. The van der Waals surface area contributed by atoms with Crippen molar-refractivity contribution >= 4 is 35.1 Å². The second kappa shape index (κ2) is 9.98. The van der Waals surface area contributed by atoms with Crippen LogP contribution in [0.15, 0.2) is 52.9 Å². The second-order valence-electron chi connectivity index (χ2n) is 7.31. The number of carbonyl (C=O) groups excluding carboxylic acids is 2. The van der Waals surface area contributed by atoms with Crippen LogP contribution in [0.25, 0.3) is 11.5 Å². The Bertz CT molecular complexity index is 1080. The summed E-state index contributed by atoms with van der Waals surface area (Å²) in [4.78, 5) is 29.7. The van der Waals surface area contributed by atoms with Gasteiger partial charge in [0.15, 0.2) is 0 Å². The highest BCUT2D eigenvalue weighted by atomic mass is 35.5. The lowest BCUT2D eigenvalue weighted by molar-refractivity contribution is -0.148. The number of benzene rings is 2. The van der Waals surface area contributed by atoms with Gasteiger partial charge in [0.2, 0.25) is 5.89 Å². The summed E-state index contributed by atoms with van der Waals surface area (Å²) in [6.45, 7) is 5.31. The Kier molecular flexibility index (Phi) is 7.36. The van der Waals surface area contributed by atoms with Crippen LogP contribution >= 0.6 is 23.2 Å². The monoisotopic (exact) mass is 460 g/mol. The van der Waals surface area contributed by atoms with E-state index in [4.69, 9.17) is 32.4 Å². The fraction of sp³-hybridized carbons (Fsp3) is 0.261. The van der Waals surface area contributed by atoms with E-state index in [2.05, 4.69) is 10.3 Å². The molecule has 1 atom stereocenters. The van der Waals surface area contributed by atoms with Crippen molar-refractivity contribution in [1.82, 2.24) is 10.3 Å². The van der Waals surface area contributed by atoms with Crippen LogP contribution in [0, 0.1) is 12.8 Å². The molecule has 8 heteroatoms. The molecule has 0 bridgehead atoms. The maximum atomic E-state index is 12.7. The smallest absolute Gasteiger partial charge is 0.329 e. The van der Waals surface area contributed by atoms with Gasteiger partial charge in [0.05, 0.1) is 10.6 Å². The quantitative estimate of drug-likeness (QED) is 0.473. The molecule has 1 heterocycles. The number of oxazole rings is 1. The average molecular weight is 461 g/mol. The molecular formula is C23H22Cl2N2O4. The first-order valence-electron chi connectivity index (χ1n) is 9.70. The van der Waals surface area contributed by atoms with Crippen molar-refractivity contribution < 1.29 is 18.7 Å². The Labute approximate surface area is 190 Å². The lowest BCUT2D eigenvalue weighted by Crippen LogP contribution is -2.45. The van der Waals surface area contributed by atoms with Crippen LogP contribution in [-0.2, 0) is 16.1 Å². The Morgan fingerprint density at radius 2 is 1.84 bits per heavy atom. The molecule has 0 aliphatic heterocycles. The fourth-order valence-corrected chi connectivity index (χ4v) is 3.38. The van der Waals surface area contributed by atoms with Crippen molar-refractivity contribution in [3.8, 4) is 11.5 Å². The predicted octanol–water partition coefficient (Wildman–Crippen LogP) is 5.45. The van der Waals surface area contributed by atoms with E-state index in [-0.39, 0.29) is 23.1 Å². The number of hydrogen-bond donors (Lipinski definition) is 1. The molecule has 31 heavy (non-hydrogen) atoms. The topological polar surface area (TPSA) is 81.4 Å². The number of aryl methyl sites for hydroxylation is 1. The number of ether oxygens (including phenoxy) is 1. The van der Waals surface area contributed by atoms with Gasteiger partial charge in [-0.15, -0.1) is 0 Å². The maximum Gasteiger partial charge on any atom is 0.329 e. The van der Waals surface area contributed by atoms with Crippen molar-refractivity contribution in [1.29, 1.82) is 0 Å². The van der Waals surface area contributed by atoms with Crippen LogP contribution < -0.4 is 5.32 Å². The molecule has 0 fully saturated rings. The molecule has 0 saturated heterocycles. The van der Waals surface area contributed by atoms with E-state index in [1.165, 1.54) is 12.1 Å². The number of hydrogen-bond acceptors (Lipinski definition) is 5. The van der Waals surface area contributed by atoms with Crippen molar-refractivity contribution in [2.24, 2.45) is 5.92 Å². The first-order chi connectivity index (χ1) is 14.8. The van der Waals surface area contributed by atoms with Gasteiger partial charge in [0, 0.05) is 10.6 Å². The highest BCUT2D eigenvalue weighted by Gasteiger charge is 2.27. The number of esters is 1. The second-order valence-corrected chi connectivity index (χ2v) is 8.16. The van der Waals surface area contributed by atoms with E-state index in [1.54, 1.807) is 13.0 Å². The molecule has 0 radical (unpaired) electrons. The van der Waals surface area contributed by atoms with E-state index in [1.807, 2.05) is 44.2 Å². The molecule has 1 aromatic heterocycles. The zero-order valence-corrected chi connectivity index (χ0v) is 18.8. The summed E-state index contributed by atoms with van der Waals surface area (Å²) in [6.07, 6.45) is 0. The van der Waals surface area contributed by atoms with Gasteiger partial charge in [-0.2, -0.15) is 0 Å². The van der Waals surface area contributed by atoms with Crippen LogP contribution in [-0.4, -0.2) is 22.9 Å². The molecule has 1 N–H and O–H groups in total. The molecule has 0 spiro atoms. The van der Waals surface area contributed by atoms with Crippen LogP contribution in [0.1, 0.15) is 35.7 Å². The SMILES string of the molecule is Cc1oc(-c2ccccc2)nc1COC(=O)[C@@H](NC(=O)c1ccc(Cl)cc1Cl)C(C)C. The minimum absolute atomic E-state index is 0.0677. The minimum Gasteiger partial charge on any atom is -0.457 e. The molecular weight excluding hydrogens is 439 g/mol. The fourth-order valence-electron chi connectivity index (χ4n) is 2.89. The zero-order valence-electron chi connectivity index (χ0n) is 17.3. The van der Waals surface area contributed by atoms with E-state index >= 15 is 0 Å². The largest absolute Gasteiger partial charge is 0.457 e. The van der Waals surface area contributed by atoms with Gasteiger partial charge in [-0.1, -0.05) is 55.2 Å². The van der Waals surface area contributed by atoms with E-state index in [0.717, 1.165) is 5.56 Å². The molecule has 3 rings (SSSR count). The third-order valence-electron chi connectivity index (χ3n) is 4.65. The first kappa shape index (κ1) is 22.8. The summed E-state index contributed by atoms with van der Waals surface area (Å²) in [5.74, 6) is -0.251. The van der Waals surface area contributed by atoms with Gasteiger partial charge in [0.25, 0.3) is 5.91 Å². The van der Waals surface area contributed by atoms with Gasteiger partial charge in [-0.3, -0.25) is 4.79 Å². The van der Waals surface area contributed by atoms with Crippen molar-refractivity contribution in [2.75, 3.05) is 0 Å². The standard InChI is InChI=1S/C23H22Cl2N2O4/c1-13(2)20(27-21(28)17-10-9-16(24)11-18(17)25)23(29)30-12-19-14(3)31-22(26-19)15-7-5-4-6-8-15/h4-11,13,20H,12H2,1-3H3,(H,27,28)/t20-/m0/s1. The number of rotatable bonds is 7. The number of halogens is 2. The summed E-state index contributed by atoms with van der Waals surface area (Å²) in [5.41, 5.74) is 1.57. The summed E-state index contributed by atoms with van der Waals surface area (Å²) >= 11 is 12.0. The number of amides is 1. The summed E-state index contributed by atoms with van der Waals surface area (Å²) in [6, 6.07) is 13.1. The summed E-state index contributed by atoms with van der Waals surface area (Å²) in [7, 11) is 0. The third kappa shape index (κ3) is 5.66. The van der Waals surface area contributed by atoms with Crippen LogP contribution in [0.2, 0.25) is 10.0 Å². The van der Waals surface area contributed by atoms with Crippen molar-refractivity contribution in [3.63, 3.8) is 0 Å². The molecule has 0 saturated carbocycles. The minimum atomic E-state index is -0.861. The highest BCUT2D eigenvalue weighted by molar-refractivity contribution is 6.36. The maximum absolute atomic E-state index is 12.7. The number of carbonyl (C=O) groups is 2. The number of aromatic nitrogens is 1. The van der Waals surface area contributed by atoms with E-state index in [0.29, 0.717) is 22.4 Å². The Morgan fingerprint density at radius 1 is 1.13 bits per heavy atom. The lowest BCUT2D eigenvalue weighted by atomic mass is 10.0. The van der Waals surface area contributed by atoms with Crippen molar-refractivity contribution in [2.45, 2.75) is 33.4 Å². The van der Waals surface area contributed by atoms with Gasteiger partial charge >= 0.3 is 5.97 Å². The lowest BCUT2D eigenvalue weighted by Gasteiger charge is -2.21. The summed E-state index contributed by atoms with van der Waals surface area (Å²) in [5, 5.41) is 3.31. The third-order valence-corrected chi connectivity index (χ3v) is 5.20. The van der Waals surface area contributed by atoms with Gasteiger partial charge < -0.3 is 14.5 Å². The highest BCUT2D eigenvalue weighted by Crippen LogP contribution is 2.23. The normalized spacial score (nSPS) is 11.9. The number of nitrogens with one attached hydrogen (secondary N) is 1. The zero-order chi connectivity index (χ0) is 22.5. The van der Waals surface area contributed by atoms with Crippen molar-refractivity contribution in [3.05, 3.63) is 75.6 Å². The Hall–Kier alpha value is -2.83. The van der Waals surface area contributed by atoms with Crippen LogP contribution in [0.5, 0.6) is 0 Å². The van der Waals surface area contributed by atoms with Gasteiger partial charge in [-0.25, -0.2) is 9.78 Å². The molecule has 1 amide bonds. The Balaban J connectivity index is 1.67. The molecule has 2 aromatic carbocycles. The van der Waals surface area contributed by atoms with E-state index < -0.39 is 17.9 Å². The molecule has 3 aromatic rings. The average Bonchev–Trinajstić information content (AvgIpc) is 3.11. The van der Waals surface area contributed by atoms with Crippen LogP contribution in [0.4, 0.5) is 0 Å². The first-order valence-corrected chi connectivity index (χ1v) is 10.5. The van der Waals surface area contributed by atoms with Gasteiger partial charge in [0.1, 0.15) is 24.1 Å². The molecule has 0 aliphatic carbocycles. The summed E-state index contributed by atoms with van der Waals surface area (Å²) < 4.78 is 11.1. The molecule has 0 unspecified atom stereocenters. The van der Waals surface area contributed by atoms with Gasteiger partial charge in [-0.05, 0) is 43.2 Å². The Morgan fingerprint density at radius 3 is 2.48 bits per heavy atom. The van der Waals surface area contributed by atoms with E-state index in [9.17, 15) is 9.59 Å². The molecule has 162 valence electrons. The molecule has 6 nitrogen and oxygen atoms in total. The number of nitrogens with zero attached hydrogens (tertiary/aromatic N) is 1.